The highest BCUT2D eigenvalue weighted by molar-refractivity contribution is 5.79. The van der Waals surface area contributed by atoms with E-state index in [1.807, 2.05) is 18.2 Å². The van der Waals surface area contributed by atoms with Gasteiger partial charge < -0.3 is 25.0 Å². The van der Waals surface area contributed by atoms with Gasteiger partial charge in [-0.2, -0.15) is 0 Å². The van der Waals surface area contributed by atoms with E-state index in [9.17, 15) is 0 Å². The summed E-state index contributed by atoms with van der Waals surface area (Å²) in [5.41, 5.74) is 1.03. The first-order chi connectivity index (χ1) is 12.6. The van der Waals surface area contributed by atoms with E-state index in [0.29, 0.717) is 12.6 Å². The summed E-state index contributed by atoms with van der Waals surface area (Å²) in [6.07, 6.45) is 0. The van der Waals surface area contributed by atoms with Crippen molar-refractivity contribution in [1.29, 1.82) is 0 Å². The third-order valence-electron chi connectivity index (χ3n) is 4.73. The lowest BCUT2D eigenvalue weighted by Crippen LogP contribution is -2.55. The van der Waals surface area contributed by atoms with Crippen molar-refractivity contribution in [2.24, 2.45) is 4.99 Å². The van der Waals surface area contributed by atoms with Gasteiger partial charge in [0.1, 0.15) is 11.5 Å². The molecule has 1 aromatic rings. The first-order valence-corrected chi connectivity index (χ1v) is 9.19. The van der Waals surface area contributed by atoms with Gasteiger partial charge in [0.2, 0.25) is 0 Å². The third-order valence-corrected chi connectivity index (χ3v) is 4.73. The summed E-state index contributed by atoms with van der Waals surface area (Å²) in [4.78, 5) is 9.50. The van der Waals surface area contributed by atoms with Crippen molar-refractivity contribution in [3.8, 4) is 11.5 Å². The molecule has 1 aliphatic heterocycles. The zero-order valence-corrected chi connectivity index (χ0v) is 16.7. The summed E-state index contributed by atoms with van der Waals surface area (Å²) >= 11 is 0. The van der Waals surface area contributed by atoms with Gasteiger partial charge in [0.15, 0.2) is 5.96 Å². The van der Waals surface area contributed by atoms with Crippen LogP contribution in [0.4, 0.5) is 0 Å². The molecule has 26 heavy (non-hydrogen) atoms. The molecule has 0 spiro atoms. The molecule has 7 heteroatoms. The zero-order valence-electron chi connectivity index (χ0n) is 16.7. The second-order valence-electron chi connectivity index (χ2n) is 6.65. The smallest absolute Gasteiger partial charge is 0.191 e. The highest BCUT2D eigenvalue weighted by Gasteiger charge is 2.22. The first-order valence-electron chi connectivity index (χ1n) is 9.19. The number of likely N-dealkylation sites (N-methyl/N-ethyl adjacent to an activating group) is 2. The van der Waals surface area contributed by atoms with Crippen molar-refractivity contribution in [2.45, 2.75) is 19.5 Å². The molecular weight excluding hydrogens is 330 g/mol. The van der Waals surface area contributed by atoms with Gasteiger partial charge in [-0.3, -0.25) is 4.90 Å². The molecule has 0 saturated carbocycles. The van der Waals surface area contributed by atoms with Crippen LogP contribution in [0, 0.1) is 0 Å². The second kappa shape index (κ2) is 10.2. The molecule has 7 nitrogen and oxygen atoms in total. The molecule has 1 aliphatic rings. The van der Waals surface area contributed by atoms with Gasteiger partial charge in [0, 0.05) is 50.4 Å². The normalized spacial score (nSPS) is 19.3. The Morgan fingerprint density at radius 1 is 1.19 bits per heavy atom. The zero-order chi connectivity index (χ0) is 18.9. The molecule has 0 radical (unpaired) electrons. The highest BCUT2D eigenvalue weighted by atomic mass is 16.5. The fourth-order valence-corrected chi connectivity index (χ4v) is 3.02. The quantitative estimate of drug-likeness (QED) is 0.557. The predicted octanol–water partition coefficient (Wildman–Crippen LogP) is 1.00. The van der Waals surface area contributed by atoms with E-state index in [1.165, 1.54) is 0 Å². The summed E-state index contributed by atoms with van der Waals surface area (Å²) in [5, 5.41) is 6.80. The Hall–Kier alpha value is -1.99. The number of guanidine groups is 1. The average molecular weight is 364 g/mol. The van der Waals surface area contributed by atoms with E-state index in [2.05, 4.69) is 41.5 Å². The Bertz CT molecular complexity index is 593. The summed E-state index contributed by atoms with van der Waals surface area (Å²) in [7, 11) is 7.68. The number of hydrogen-bond acceptors (Lipinski definition) is 5. The topological polar surface area (TPSA) is 61.4 Å². The lowest BCUT2D eigenvalue weighted by Gasteiger charge is -2.37. The Balaban J connectivity index is 2.00. The molecule has 0 aromatic heterocycles. The number of aliphatic imine (C=N–C) groups is 1. The number of nitrogens with one attached hydrogen (secondary N) is 2. The van der Waals surface area contributed by atoms with Gasteiger partial charge in [0.25, 0.3) is 0 Å². The Morgan fingerprint density at radius 2 is 2.00 bits per heavy atom. The van der Waals surface area contributed by atoms with Crippen LogP contribution < -0.4 is 20.1 Å². The molecule has 1 unspecified atom stereocenters. The Labute approximate surface area is 157 Å². The van der Waals surface area contributed by atoms with E-state index in [-0.39, 0.29) is 0 Å². The summed E-state index contributed by atoms with van der Waals surface area (Å²) in [5.74, 6) is 2.40. The molecule has 1 aromatic carbocycles. The molecule has 2 rings (SSSR count). The van der Waals surface area contributed by atoms with Crippen LogP contribution in [0.3, 0.4) is 0 Å². The summed E-state index contributed by atoms with van der Waals surface area (Å²) < 4.78 is 10.7. The molecule has 0 amide bonds. The van der Waals surface area contributed by atoms with Crippen molar-refractivity contribution in [2.75, 3.05) is 61.0 Å². The largest absolute Gasteiger partial charge is 0.497 e. The maximum absolute atomic E-state index is 5.46. The lowest BCUT2D eigenvalue weighted by molar-refractivity contribution is 0.116. The van der Waals surface area contributed by atoms with Gasteiger partial charge in [-0.05, 0) is 33.2 Å². The van der Waals surface area contributed by atoms with Crippen LogP contribution in [0.25, 0.3) is 0 Å². The van der Waals surface area contributed by atoms with Crippen LogP contribution in [0.2, 0.25) is 0 Å². The first kappa shape index (κ1) is 20.3. The van der Waals surface area contributed by atoms with Crippen molar-refractivity contribution in [3.05, 3.63) is 23.8 Å². The SMILES string of the molecule is CCNC(=NCc1ccc(OC)cc1OC)NCC1CN(C)CCN1C. The Morgan fingerprint density at radius 3 is 2.69 bits per heavy atom. The average Bonchev–Trinajstić information content (AvgIpc) is 2.66. The van der Waals surface area contributed by atoms with Crippen LogP contribution in [-0.2, 0) is 6.54 Å². The number of benzene rings is 1. The minimum atomic E-state index is 0.480. The monoisotopic (exact) mass is 363 g/mol. The lowest BCUT2D eigenvalue weighted by atomic mass is 10.2. The minimum absolute atomic E-state index is 0.480. The number of rotatable bonds is 7. The number of hydrogen-bond donors (Lipinski definition) is 2. The number of piperazine rings is 1. The van der Waals surface area contributed by atoms with Crippen LogP contribution in [0.15, 0.2) is 23.2 Å². The van der Waals surface area contributed by atoms with E-state index in [4.69, 9.17) is 14.5 Å². The molecule has 1 fully saturated rings. The van der Waals surface area contributed by atoms with Gasteiger partial charge in [-0.25, -0.2) is 4.99 Å². The standard InChI is InChI=1S/C19H33N5O2/c1-6-20-19(22-13-16-14-23(2)9-10-24(16)3)21-12-15-7-8-17(25-4)11-18(15)26-5/h7-8,11,16H,6,9-10,12-14H2,1-5H3,(H2,20,21,22). The van der Waals surface area contributed by atoms with Crippen LogP contribution >= 0.6 is 0 Å². The van der Waals surface area contributed by atoms with Crippen molar-refractivity contribution < 1.29 is 9.47 Å². The number of nitrogens with zero attached hydrogens (tertiary/aromatic N) is 3. The summed E-state index contributed by atoms with van der Waals surface area (Å²) in [6, 6.07) is 6.29. The van der Waals surface area contributed by atoms with E-state index in [1.54, 1.807) is 14.2 Å². The van der Waals surface area contributed by atoms with Crippen molar-refractivity contribution >= 4 is 5.96 Å². The van der Waals surface area contributed by atoms with Gasteiger partial charge in [-0.1, -0.05) is 0 Å². The number of methoxy groups -OCH3 is 2. The predicted molar refractivity (Wildman–Crippen MR) is 106 cm³/mol. The van der Waals surface area contributed by atoms with Crippen LogP contribution in [0.5, 0.6) is 11.5 Å². The fourth-order valence-electron chi connectivity index (χ4n) is 3.02. The van der Waals surface area contributed by atoms with Crippen molar-refractivity contribution in [1.82, 2.24) is 20.4 Å². The maximum atomic E-state index is 5.46. The van der Waals surface area contributed by atoms with Gasteiger partial charge in [-0.15, -0.1) is 0 Å². The van der Waals surface area contributed by atoms with Crippen molar-refractivity contribution in [3.63, 3.8) is 0 Å². The molecule has 0 aliphatic carbocycles. The molecule has 146 valence electrons. The van der Waals surface area contributed by atoms with Crippen LogP contribution in [0.1, 0.15) is 12.5 Å². The molecule has 0 bridgehead atoms. The molecular formula is C19H33N5O2. The number of ether oxygens (including phenoxy) is 2. The summed E-state index contributed by atoms with van der Waals surface area (Å²) in [6.45, 7) is 7.60. The highest BCUT2D eigenvalue weighted by Crippen LogP contribution is 2.25. The second-order valence-corrected chi connectivity index (χ2v) is 6.65. The molecule has 1 saturated heterocycles. The van der Waals surface area contributed by atoms with E-state index >= 15 is 0 Å². The van der Waals surface area contributed by atoms with E-state index in [0.717, 1.165) is 55.7 Å². The van der Waals surface area contributed by atoms with Gasteiger partial charge in [0.05, 0.1) is 20.8 Å². The molecule has 2 N–H and O–H groups in total. The minimum Gasteiger partial charge on any atom is -0.497 e. The fraction of sp³-hybridized carbons (Fsp3) is 0.632. The maximum Gasteiger partial charge on any atom is 0.191 e. The molecule has 1 atom stereocenters. The van der Waals surface area contributed by atoms with E-state index < -0.39 is 0 Å². The van der Waals surface area contributed by atoms with Gasteiger partial charge >= 0.3 is 0 Å². The Kier molecular flexibility index (Phi) is 8.00. The third kappa shape index (κ3) is 5.78. The molecule has 1 heterocycles. The van der Waals surface area contributed by atoms with Crippen LogP contribution in [-0.4, -0.2) is 82.8 Å².